The number of hydrogen-bond donors (Lipinski definition) is 2. The molecule has 0 radical (unpaired) electrons. The second kappa shape index (κ2) is 5.33. The molecular formula is C9H9F2N5O2. The van der Waals surface area contributed by atoms with Crippen LogP contribution in [0.25, 0.3) is 0 Å². The minimum atomic E-state index is -3.21. The lowest BCUT2D eigenvalue weighted by Gasteiger charge is -2.14. The predicted molar refractivity (Wildman–Crippen MR) is 58.1 cm³/mol. The van der Waals surface area contributed by atoms with Gasteiger partial charge in [0.05, 0.1) is 18.0 Å². The van der Waals surface area contributed by atoms with E-state index in [1.54, 1.807) is 6.07 Å². The van der Waals surface area contributed by atoms with Crippen LogP contribution >= 0.6 is 0 Å². The van der Waals surface area contributed by atoms with Crippen molar-refractivity contribution >= 4 is 11.5 Å². The van der Waals surface area contributed by atoms with Gasteiger partial charge in [0.25, 0.3) is 5.92 Å². The number of halogens is 2. The highest BCUT2D eigenvalue weighted by Crippen LogP contribution is 2.26. The van der Waals surface area contributed by atoms with E-state index in [9.17, 15) is 18.9 Å². The Morgan fingerprint density at radius 1 is 1.67 bits per heavy atom. The third-order valence-corrected chi connectivity index (χ3v) is 2.04. The molecular weight excluding hydrogens is 248 g/mol. The Hall–Kier alpha value is -2.34. The monoisotopic (exact) mass is 257 g/mol. The molecule has 0 atom stereocenters. The van der Waals surface area contributed by atoms with E-state index in [1.165, 1.54) is 0 Å². The molecule has 0 amide bonds. The smallest absolute Gasteiger partial charge is 0.328 e. The van der Waals surface area contributed by atoms with E-state index < -0.39 is 29.6 Å². The quantitative estimate of drug-likeness (QED) is 0.596. The molecule has 0 bridgehead atoms. The van der Waals surface area contributed by atoms with Crippen molar-refractivity contribution in [2.75, 3.05) is 18.4 Å². The Labute approximate surface area is 100 Å². The lowest BCUT2D eigenvalue weighted by atomic mass is 10.2. The highest BCUT2D eigenvalue weighted by atomic mass is 19.3. The molecule has 0 saturated heterocycles. The summed E-state index contributed by atoms with van der Waals surface area (Å²) in [6, 6.07) is 2.72. The van der Waals surface area contributed by atoms with Crippen molar-refractivity contribution in [3.05, 3.63) is 27.9 Å². The molecule has 1 aromatic rings. The molecule has 0 aromatic carbocycles. The van der Waals surface area contributed by atoms with Crippen molar-refractivity contribution in [2.24, 2.45) is 5.73 Å². The number of nitrogens with one attached hydrogen (secondary N) is 1. The number of nitriles is 1. The van der Waals surface area contributed by atoms with Gasteiger partial charge in [-0.2, -0.15) is 5.26 Å². The standard InChI is InChI=1S/C9H9F2N5O2/c10-9(11,4-13)5-15-8-7(16(17)18)6(3-12)1-2-14-8/h1-2H,4-5,13H2,(H,14,15). The van der Waals surface area contributed by atoms with Crippen LogP contribution in [0.3, 0.4) is 0 Å². The molecule has 1 aromatic heterocycles. The SMILES string of the molecule is N#Cc1ccnc(NCC(F)(F)CN)c1[N+](=O)[O-]. The van der Waals surface area contributed by atoms with E-state index in [4.69, 9.17) is 11.0 Å². The van der Waals surface area contributed by atoms with Crippen molar-refractivity contribution < 1.29 is 13.7 Å². The van der Waals surface area contributed by atoms with Crippen molar-refractivity contribution in [3.8, 4) is 6.07 Å². The first-order valence-corrected chi connectivity index (χ1v) is 4.76. The number of alkyl halides is 2. The third-order valence-electron chi connectivity index (χ3n) is 2.04. The van der Waals surface area contributed by atoms with Crippen LogP contribution in [0.2, 0.25) is 0 Å². The van der Waals surface area contributed by atoms with Crippen LogP contribution < -0.4 is 11.1 Å². The molecule has 96 valence electrons. The van der Waals surface area contributed by atoms with E-state index in [0.717, 1.165) is 12.3 Å². The fraction of sp³-hybridized carbons (Fsp3) is 0.333. The zero-order valence-electron chi connectivity index (χ0n) is 9.06. The molecule has 0 saturated carbocycles. The molecule has 0 aliphatic rings. The number of rotatable bonds is 5. The summed E-state index contributed by atoms with van der Waals surface area (Å²) in [4.78, 5) is 13.5. The van der Waals surface area contributed by atoms with E-state index in [1.807, 2.05) is 0 Å². The van der Waals surface area contributed by atoms with E-state index >= 15 is 0 Å². The highest BCUT2D eigenvalue weighted by Gasteiger charge is 2.29. The average molecular weight is 257 g/mol. The molecule has 9 heteroatoms. The van der Waals surface area contributed by atoms with Gasteiger partial charge in [-0.3, -0.25) is 10.1 Å². The van der Waals surface area contributed by atoms with Crippen molar-refractivity contribution in [2.45, 2.75) is 5.92 Å². The number of nitro groups is 1. The Bertz CT molecular complexity index is 500. The number of pyridine rings is 1. The van der Waals surface area contributed by atoms with Crippen LogP contribution in [-0.2, 0) is 0 Å². The first-order valence-electron chi connectivity index (χ1n) is 4.76. The molecule has 7 nitrogen and oxygen atoms in total. The van der Waals surface area contributed by atoms with Crippen LogP contribution in [0, 0.1) is 21.4 Å². The summed E-state index contributed by atoms with van der Waals surface area (Å²) >= 11 is 0. The first-order chi connectivity index (χ1) is 8.41. The number of nitrogens with zero attached hydrogens (tertiary/aromatic N) is 3. The lowest BCUT2D eigenvalue weighted by Crippen LogP contribution is -2.35. The Morgan fingerprint density at radius 2 is 2.33 bits per heavy atom. The Morgan fingerprint density at radius 3 is 2.83 bits per heavy atom. The van der Waals surface area contributed by atoms with Crippen LogP contribution in [0.5, 0.6) is 0 Å². The fourth-order valence-corrected chi connectivity index (χ4v) is 1.14. The Balaban J connectivity index is 3.03. The lowest BCUT2D eigenvalue weighted by molar-refractivity contribution is -0.384. The normalized spacial score (nSPS) is 10.8. The maximum atomic E-state index is 12.9. The zero-order valence-corrected chi connectivity index (χ0v) is 9.06. The summed E-state index contributed by atoms with van der Waals surface area (Å²) in [6.07, 6.45) is 1.12. The van der Waals surface area contributed by atoms with Gasteiger partial charge in [0.15, 0.2) is 0 Å². The summed E-state index contributed by atoms with van der Waals surface area (Å²) in [5, 5.41) is 21.6. The number of hydrogen-bond acceptors (Lipinski definition) is 6. The molecule has 0 fully saturated rings. The number of aromatic nitrogens is 1. The number of nitrogens with two attached hydrogens (primary N) is 1. The van der Waals surface area contributed by atoms with Crippen LogP contribution in [0.1, 0.15) is 5.56 Å². The molecule has 1 heterocycles. The second-order valence-electron chi connectivity index (χ2n) is 3.34. The van der Waals surface area contributed by atoms with Crippen LogP contribution in [-0.4, -0.2) is 28.9 Å². The molecule has 0 spiro atoms. The van der Waals surface area contributed by atoms with Gasteiger partial charge < -0.3 is 11.1 Å². The maximum Gasteiger partial charge on any atom is 0.328 e. The topological polar surface area (TPSA) is 118 Å². The summed E-state index contributed by atoms with van der Waals surface area (Å²) in [7, 11) is 0. The van der Waals surface area contributed by atoms with Gasteiger partial charge in [0.2, 0.25) is 5.82 Å². The molecule has 0 aliphatic heterocycles. The van der Waals surface area contributed by atoms with Crippen molar-refractivity contribution in [3.63, 3.8) is 0 Å². The largest absolute Gasteiger partial charge is 0.358 e. The van der Waals surface area contributed by atoms with E-state index in [2.05, 4.69) is 10.3 Å². The highest BCUT2D eigenvalue weighted by molar-refractivity contribution is 5.64. The van der Waals surface area contributed by atoms with Crippen molar-refractivity contribution in [1.82, 2.24) is 4.98 Å². The van der Waals surface area contributed by atoms with Crippen LogP contribution in [0.4, 0.5) is 20.3 Å². The molecule has 0 unspecified atom stereocenters. The summed E-state index contributed by atoms with van der Waals surface area (Å²) < 4.78 is 25.8. The van der Waals surface area contributed by atoms with Gasteiger partial charge in [-0.05, 0) is 6.07 Å². The van der Waals surface area contributed by atoms with Gasteiger partial charge >= 0.3 is 5.69 Å². The minimum Gasteiger partial charge on any atom is -0.358 e. The fourth-order valence-electron chi connectivity index (χ4n) is 1.14. The first kappa shape index (κ1) is 13.7. The van der Waals surface area contributed by atoms with Gasteiger partial charge in [0, 0.05) is 6.20 Å². The van der Waals surface area contributed by atoms with Gasteiger partial charge in [-0.1, -0.05) is 0 Å². The molecule has 18 heavy (non-hydrogen) atoms. The molecule has 0 aliphatic carbocycles. The maximum absolute atomic E-state index is 12.9. The molecule has 3 N–H and O–H groups in total. The Kier molecular flexibility index (Phi) is 4.06. The summed E-state index contributed by atoms with van der Waals surface area (Å²) in [6.45, 7) is -1.79. The van der Waals surface area contributed by atoms with Crippen molar-refractivity contribution in [1.29, 1.82) is 5.26 Å². The number of anilines is 1. The van der Waals surface area contributed by atoms with Gasteiger partial charge in [-0.15, -0.1) is 0 Å². The minimum absolute atomic E-state index is 0.256. The van der Waals surface area contributed by atoms with E-state index in [0.29, 0.717) is 0 Å². The predicted octanol–water partition coefficient (Wildman–Crippen LogP) is 0.867. The van der Waals surface area contributed by atoms with Gasteiger partial charge in [0.1, 0.15) is 11.6 Å². The average Bonchev–Trinajstić information content (AvgIpc) is 2.35. The van der Waals surface area contributed by atoms with Crippen LogP contribution in [0.15, 0.2) is 12.3 Å². The van der Waals surface area contributed by atoms with E-state index in [-0.39, 0.29) is 11.4 Å². The summed E-state index contributed by atoms with van der Waals surface area (Å²) in [5.74, 6) is -3.59. The third kappa shape index (κ3) is 3.08. The second-order valence-corrected chi connectivity index (χ2v) is 3.34. The summed E-state index contributed by atoms with van der Waals surface area (Å²) in [5.41, 5.74) is 3.94. The van der Waals surface area contributed by atoms with Gasteiger partial charge in [-0.25, -0.2) is 13.8 Å². The zero-order chi connectivity index (χ0) is 13.8. The molecule has 1 rings (SSSR count).